The Balaban J connectivity index is 3.24. The number of halogens is 2. The van der Waals surface area contributed by atoms with Crippen LogP contribution in [0.1, 0.15) is 31.1 Å². The van der Waals surface area contributed by atoms with Crippen LogP contribution in [0.5, 0.6) is 0 Å². The number of hydrogen-bond donors (Lipinski definition) is 1. The van der Waals surface area contributed by atoms with Crippen molar-refractivity contribution < 1.29 is 26.7 Å². The lowest BCUT2D eigenvalue weighted by Gasteiger charge is -2.17. The van der Waals surface area contributed by atoms with Crippen molar-refractivity contribution in [1.29, 1.82) is 0 Å². The van der Waals surface area contributed by atoms with Crippen LogP contribution < -0.4 is 5.14 Å². The third-order valence-corrected chi connectivity index (χ3v) is 3.67. The highest BCUT2D eigenvalue weighted by molar-refractivity contribution is 7.89. The predicted molar refractivity (Wildman–Crippen MR) is 67.4 cm³/mol. The minimum absolute atomic E-state index is 0.0340. The zero-order valence-electron chi connectivity index (χ0n) is 11.2. The molecule has 0 heterocycles. The lowest BCUT2D eigenvalue weighted by Crippen LogP contribution is -2.22. The summed E-state index contributed by atoms with van der Waals surface area (Å²) in [5.74, 6) is -4.14. The maximum absolute atomic E-state index is 13.6. The van der Waals surface area contributed by atoms with Crippen LogP contribution in [0, 0.1) is 17.6 Å². The maximum atomic E-state index is 13.6. The highest BCUT2D eigenvalue weighted by atomic mass is 32.2. The molecule has 0 aliphatic carbocycles. The fraction of sp³-hybridized carbons (Fsp3) is 0.417. The van der Waals surface area contributed by atoms with Crippen molar-refractivity contribution in [3.63, 3.8) is 0 Å². The molecule has 1 aromatic carbocycles. The number of ether oxygens (including phenoxy) is 1. The van der Waals surface area contributed by atoms with Crippen LogP contribution in [0.15, 0.2) is 17.0 Å². The Morgan fingerprint density at radius 1 is 1.25 bits per heavy atom. The van der Waals surface area contributed by atoms with Gasteiger partial charge < -0.3 is 4.74 Å². The van der Waals surface area contributed by atoms with E-state index in [2.05, 4.69) is 0 Å². The number of carbonyl (C=O) groups is 1. The van der Waals surface area contributed by atoms with E-state index in [-0.39, 0.29) is 5.92 Å². The van der Waals surface area contributed by atoms with E-state index in [4.69, 9.17) is 9.88 Å². The van der Waals surface area contributed by atoms with Crippen molar-refractivity contribution in [3.05, 3.63) is 29.3 Å². The summed E-state index contributed by atoms with van der Waals surface area (Å²) >= 11 is 0. The first-order valence-electron chi connectivity index (χ1n) is 5.77. The summed E-state index contributed by atoms with van der Waals surface area (Å²) in [5.41, 5.74) is -0.804. The molecule has 0 bridgehead atoms. The van der Waals surface area contributed by atoms with Gasteiger partial charge in [-0.05, 0) is 25.0 Å². The summed E-state index contributed by atoms with van der Waals surface area (Å²) in [4.78, 5) is 11.1. The summed E-state index contributed by atoms with van der Waals surface area (Å²) < 4.78 is 54.1. The average Bonchev–Trinajstić information content (AvgIpc) is 2.30. The smallest absolute Gasteiger partial charge is 0.341 e. The molecule has 1 unspecified atom stereocenters. The van der Waals surface area contributed by atoms with Crippen molar-refractivity contribution in [1.82, 2.24) is 0 Å². The van der Waals surface area contributed by atoms with Crippen LogP contribution >= 0.6 is 0 Å². The largest absolute Gasteiger partial charge is 0.459 e. The van der Waals surface area contributed by atoms with Gasteiger partial charge in [0.1, 0.15) is 6.10 Å². The van der Waals surface area contributed by atoms with Gasteiger partial charge in [0, 0.05) is 0 Å². The molecule has 0 saturated carbocycles. The van der Waals surface area contributed by atoms with E-state index in [9.17, 15) is 22.0 Å². The number of sulfonamides is 1. The molecule has 0 fully saturated rings. The second kappa shape index (κ2) is 5.84. The Hall–Kier alpha value is -1.54. The summed E-state index contributed by atoms with van der Waals surface area (Å²) in [6.45, 7) is 5.13. The topological polar surface area (TPSA) is 86.5 Å². The molecule has 0 amide bonds. The molecule has 1 rings (SSSR count). The molecule has 8 heteroatoms. The third-order valence-electron chi connectivity index (χ3n) is 2.78. The second-order valence-corrected chi connectivity index (χ2v) is 6.23. The van der Waals surface area contributed by atoms with E-state index < -0.39 is 44.2 Å². The van der Waals surface area contributed by atoms with Gasteiger partial charge >= 0.3 is 5.97 Å². The standard InChI is InChI=1S/C12H15F2NO4S/c1-6(2)7(3)19-12(16)9-4-8(20(15,17)18)5-10(13)11(9)14/h4-7H,1-3H3,(H2,15,17,18). The van der Waals surface area contributed by atoms with Crippen LogP contribution in [-0.2, 0) is 14.8 Å². The van der Waals surface area contributed by atoms with E-state index in [0.29, 0.717) is 12.1 Å². The van der Waals surface area contributed by atoms with Gasteiger partial charge in [-0.15, -0.1) is 0 Å². The lowest BCUT2D eigenvalue weighted by molar-refractivity contribution is 0.0231. The Kier molecular flexibility index (Phi) is 4.82. The Labute approximate surface area is 115 Å². The monoisotopic (exact) mass is 307 g/mol. The highest BCUT2D eigenvalue weighted by Crippen LogP contribution is 2.20. The molecule has 0 aromatic heterocycles. The third kappa shape index (κ3) is 3.73. The van der Waals surface area contributed by atoms with E-state index in [1.165, 1.54) is 0 Å². The number of esters is 1. The molecule has 112 valence electrons. The molecule has 0 radical (unpaired) electrons. The first kappa shape index (κ1) is 16.5. The number of benzene rings is 1. The van der Waals surface area contributed by atoms with Crippen LogP contribution in [0.2, 0.25) is 0 Å². The maximum Gasteiger partial charge on any atom is 0.341 e. The molecule has 20 heavy (non-hydrogen) atoms. The number of nitrogens with two attached hydrogens (primary N) is 1. The quantitative estimate of drug-likeness (QED) is 0.860. The van der Waals surface area contributed by atoms with Crippen molar-refractivity contribution >= 4 is 16.0 Å². The molecule has 0 saturated heterocycles. The van der Waals surface area contributed by atoms with Gasteiger partial charge in [0.2, 0.25) is 10.0 Å². The Morgan fingerprint density at radius 3 is 2.25 bits per heavy atom. The van der Waals surface area contributed by atoms with Crippen molar-refractivity contribution in [2.75, 3.05) is 0 Å². The summed E-state index contributed by atoms with van der Waals surface area (Å²) in [6, 6.07) is 1.07. The van der Waals surface area contributed by atoms with Gasteiger partial charge in [0.25, 0.3) is 0 Å². The molecule has 1 aromatic rings. The van der Waals surface area contributed by atoms with Gasteiger partial charge in [-0.1, -0.05) is 13.8 Å². The summed E-state index contributed by atoms with van der Waals surface area (Å²) in [6.07, 6.45) is -0.539. The van der Waals surface area contributed by atoms with Crippen LogP contribution in [-0.4, -0.2) is 20.5 Å². The van der Waals surface area contributed by atoms with Crippen LogP contribution in [0.3, 0.4) is 0 Å². The number of primary sulfonamides is 1. The highest BCUT2D eigenvalue weighted by Gasteiger charge is 2.24. The van der Waals surface area contributed by atoms with E-state index in [1.807, 2.05) is 0 Å². The van der Waals surface area contributed by atoms with Gasteiger partial charge in [0.15, 0.2) is 11.6 Å². The first-order valence-corrected chi connectivity index (χ1v) is 7.31. The summed E-state index contributed by atoms with van der Waals surface area (Å²) in [7, 11) is -4.26. The van der Waals surface area contributed by atoms with Gasteiger partial charge in [-0.25, -0.2) is 27.1 Å². The zero-order chi connectivity index (χ0) is 15.7. The minimum atomic E-state index is -4.26. The van der Waals surface area contributed by atoms with Crippen molar-refractivity contribution in [2.24, 2.45) is 11.1 Å². The molecular formula is C12H15F2NO4S. The van der Waals surface area contributed by atoms with Crippen molar-refractivity contribution in [2.45, 2.75) is 31.8 Å². The van der Waals surface area contributed by atoms with Crippen molar-refractivity contribution in [3.8, 4) is 0 Å². The lowest BCUT2D eigenvalue weighted by atomic mass is 10.1. The minimum Gasteiger partial charge on any atom is -0.459 e. The molecule has 0 aliphatic rings. The van der Waals surface area contributed by atoms with Gasteiger partial charge in [-0.3, -0.25) is 0 Å². The van der Waals surface area contributed by atoms with Crippen LogP contribution in [0.25, 0.3) is 0 Å². The first-order chi connectivity index (χ1) is 9.04. The second-order valence-electron chi connectivity index (χ2n) is 4.67. The molecule has 2 N–H and O–H groups in total. The van der Waals surface area contributed by atoms with E-state index >= 15 is 0 Å². The Morgan fingerprint density at radius 2 is 1.80 bits per heavy atom. The number of hydrogen-bond acceptors (Lipinski definition) is 4. The van der Waals surface area contributed by atoms with E-state index in [0.717, 1.165) is 0 Å². The summed E-state index contributed by atoms with van der Waals surface area (Å²) in [5, 5.41) is 4.83. The van der Waals surface area contributed by atoms with Gasteiger partial charge in [-0.2, -0.15) is 0 Å². The number of rotatable bonds is 4. The molecule has 1 atom stereocenters. The molecule has 5 nitrogen and oxygen atoms in total. The van der Waals surface area contributed by atoms with Gasteiger partial charge in [0.05, 0.1) is 10.5 Å². The zero-order valence-corrected chi connectivity index (χ0v) is 12.0. The normalized spacial score (nSPS) is 13.3. The number of carbonyl (C=O) groups excluding carboxylic acids is 1. The Bertz CT molecular complexity index is 629. The fourth-order valence-corrected chi connectivity index (χ4v) is 1.80. The molecule has 0 spiro atoms. The predicted octanol–water partition coefficient (Wildman–Crippen LogP) is 1.81. The average molecular weight is 307 g/mol. The SMILES string of the molecule is CC(C)C(C)OC(=O)c1cc(S(N)(=O)=O)cc(F)c1F. The van der Waals surface area contributed by atoms with Crippen LogP contribution in [0.4, 0.5) is 8.78 Å². The van der Waals surface area contributed by atoms with E-state index in [1.54, 1.807) is 20.8 Å². The fourth-order valence-electron chi connectivity index (χ4n) is 1.25. The molecular weight excluding hydrogens is 292 g/mol. The molecule has 0 aliphatic heterocycles.